The van der Waals surface area contributed by atoms with E-state index in [2.05, 4.69) is 17.9 Å². The zero-order valence-corrected chi connectivity index (χ0v) is 27.3. The smallest absolute Gasteiger partial charge is 0.130 e. The van der Waals surface area contributed by atoms with E-state index in [-0.39, 0.29) is 0 Å². The molecule has 4 heteroatoms. The third-order valence-electron chi connectivity index (χ3n) is 7.84. The van der Waals surface area contributed by atoms with Crippen molar-refractivity contribution in [1.82, 2.24) is 5.32 Å². The van der Waals surface area contributed by atoms with Gasteiger partial charge in [-0.1, -0.05) is 192 Å². The molecular formula is C33H66ClNS2. The van der Waals surface area contributed by atoms with Gasteiger partial charge in [-0.2, -0.15) is 0 Å². The van der Waals surface area contributed by atoms with Gasteiger partial charge < -0.3 is 5.32 Å². The Kier molecular flexibility index (Phi) is 35.1. The quantitative estimate of drug-likeness (QED) is 0.0358. The van der Waals surface area contributed by atoms with Gasteiger partial charge in [0.1, 0.15) is 4.32 Å². The first-order valence-corrected chi connectivity index (χ1v) is 18.2. The van der Waals surface area contributed by atoms with Gasteiger partial charge in [-0.25, -0.2) is 0 Å². The van der Waals surface area contributed by atoms with Crippen molar-refractivity contribution in [2.24, 2.45) is 0 Å². The molecule has 0 aliphatic rings. The summed E-state index contributed by atoms with van der Waals surface area (Å²) in [6.45, 7) is 0.986. The highest BCUT2D eigenvalue weighted by molar-refractivity contribution is 8.11. The molecule has 0 amide bonds. The molecule has 0 aliphatic carbocycles. The van der Waals surface area contributed by atoms with E-state index in [4.69, 9.17) is 23.8 Å². The summed E-state index contributed by atoms with van der Waals surface area (Å²) in [5.74, 6) is 0.843. The molecule has 0 rings (SSSR count). The molecule has 0 saturated heterocycles. The van der Waals surface area contributed by atoms with Crippen LogP contribution in [-0.2, 0) is 0 Å². The monoisotopic (exact) mass is 575 g/mol. The zero-order valence-electron chi connectivity index (χ0n) is 24.9. The van der Waals surface area contributed by atoms with Gasteiger partial charge in [0.25, 0.3) is 0 Å². The Bertz CT molecular complexity index is 433. The van der Waals surface area contributed by atoms with Gasteiger partial charge in [0.05, 0.1) is 0 Å². The Labute approximate surface area is 250 Å². The summed E-state index contributed by atoms with van der Waals surface area (Å²) in [6, 6.07) is 0. The lowest BCUT2D eigenvalue weighted by atomic mass is 10.0. The molecule has 0 aromatic heterocycles. The van der Waals surface area contributed by atoms with E-state index >= 15 is 0 Å². The highest BCUT2D eigenvalue weighted by atomic mass is 35.5. The molecule has 0 heterocycles. The number of alkyl halides is 1. The number of hydrogen-bond acceptors (Lipinski definition) is 1. The Hall–Kier alpha value is 0.530. The Balaban J connectivity index is 3.02. The van der Waals surface area contributed by atoms with Gasteiger partial charge in [0.2, 0.25) is 0 Å². The third kappa shape index (κ3) is 36.5. The van der Waals surface area contributed by atoms with Crippen molar-refractivity contribution in [2.75, 3.05) is 12.4 Å². The van der Waals surface area contributed by atoms with Crippen LogP contribution in [0.4, 0.5) is 0 Å². The van der Waals surface area contributed by atoms with Crippen molar-refractivity contribution < 1.29 is 0 Å². The number of halogens is 1. The minimum absolute atomic E-state index is 0.628. The summed E-state index contributed by atoms with van der Waals surface area (Å²) in [4.78, 5) is 0. The van der Waals surface area contributed by atoms with Crippen molar-refractivity contribution in [3.05, 3.63) is 0 Å². The van der Waals surface area contributed by atoms with Crippen LogP contribution < -0.4 is 5.32 Å². The van der Waals surface area contributed by atoms with Crippen LogP contribution in [0.5, 0.6) is 0 Å². The van der Waals surface area contributed by atoms with E-state index in [1.807, 2.05) is 0 Å². The fraction of sp³-hybridized carbons (Fsp3) is 0.970. The van der Waals surface area contributed by atoms with Crippen LogP contribution in [-0.4, -0.2) is 16.7 Å². The maximum absolute atomic E-state index is 5.72. The van der Waals surface area contributed by atoms with Crippen LogP contribution in [0.3, 0.4) is 0 Å². The van der Waals surface area contributed by atoms with Crippen molar-refractivity contribution in [3.8, 4) is 0 Å². The SMILES string of the molecule is S=C(S)NCCCCCCCCCCCCCCCCCCCCCCCCCCCCCCCCCl. The average molecular weight is 576 g/mol. The van der Waals surface area contributed by atoms with Crippen molar-refractivity contribution in [3.63, 3.8) is 0 Å². The van der Waals surface area contributed by atoms with Crippen LogP contribution in [0.25, 0.3) is 0 Å². The molecule has 222 valence electrons. The topological polar surface area (TPSA) is 12.0 Å². The fourth-order valence-corrected chi connectivity index (χ4v) is 5.77. The summed E-state index contributed by atoms with van der Waals surface area (Å²) in [7, 11) is 0. The molecule has 0 bridgehead atoms. The molecule has 0 radical (unpaired) electrons. The minimum Gasteiger partial charge on any atom is -0.371 e. The maximum Gasteiger partial charge on any atom is 0.130 e. The van der Waals surface area contributed by atoms with E-state index in [0.717, 1.165) is 12.4 Å². The minimum atomic E-state index is 0.628. The largest absolute Gasteiger partial charge is 0.371 e. The molecule has 0 fully saturated rings. The van der Waals surface area contributed by atoms with E-state index in [9.17, 15) is 0 Å². The molecule has 37 heavy (non-hydrogen) atoms. The predicted octanol–water partition coefficient (Wildman–Crippen LogP) is 12.7. The number of nitrogens with one attached hydrogen (secondary N) is 1. The summed E-state index contributed by atoms with van der Waals surface area (Å²) >= 11 is 14.7. The van der Waals surface area contributed by atoms with Gasteiger partial charge in [0, 0.05) is 12.4 Å². The molecule has 0 aromatic rings. The third-order valence-corrected chi connectivity index (χ3v) is 8.41. The molecule has 1 N–H and O–H groups in total. The van der Waals surface area contributed by atoms with Crippen LogP contribution >= 0.6 is 36.4 Å². The van der Waals surface area contributed by atoms with E-state index in [1.54, 1.807) is 0 Å². The summed E-state index contributed by atoms with van der Waals surface area (Å²) in [5.41, 5.74) is 0. The van der Waals surface area contributed by atoms with Crippen molar-refractivity contribution >= 4 is 40.8 Å². The highest BCUT2D eigenvalue weighted by Gasteiger charge is 1.97. The Morgan fingerprint density at radius 2 is 0.568 bits per heavy atom. The molecule has 0 saturated carbocycles. The normalized spacial score (nSPS) is 11.3. The van der Waals surface area contributed by atoms with Gasteiger partial charge in [-0.3, -0.25) is 0 Å². The first-order valence-electron chi connectivity index (χ1n) is 16.8. The van der Waals surface area contributed by atoms with E-state index < -0.39 is 0 Å². The van der Waals surface area contributed by atoms with Gasteiger partial charge >= 0.3 is 0 Å². The lowest BCUT2D eigenvalue weighted by Crippen LogP contribution is -2.17. The standard InChI is InChI=1S/C33H66ClNS2/c34-31-29-27-25-23-21-19-17-15-13-11-9-7-5-3-1-2-4-6-8-10-12-14-16-18-20-22-24-26-28-30-32-35-33(36)37/h1-32H2,(H2,35,36,37). The number of thiol groups is 1. The van der Waals surface area contributed by atoms with Crippen LogP contribution in [0.15, 0.2) is 0 Å². The van der Waals surface area contributed by atoms with Crippen LogP contribution in [0, 0.1) is 0 Å². The number of thiocarbonyl (C=S) groups is 1. The molecule has 1 nitrogen and oxygen atoms in total. The molecule has 0 aliphatic heterocycles. The Morgan fingerprint density at radius 3 is 0.757 bits per heavy atom. The number of hydrogen-bond donors (Lipinski definition) is 2. The summed E-state index contributed by atoms with van der Waals surface area (Å²) in [6.07, 6.45) is 42.9. The van der Waals surface area contributed by atoms with Gasteiger partial charge in [-0.15, -0.1) is 24.2 Å². The van der Waals surface area contributed by atoms with Crippen molar-refractivity contribution in [2.45, 2.75) is 193 Å². The Morgan fingerprint density at radius 1 is 0.378 bits per heavy atom. The molecule has 0 unspecified atom stereocenters. The van der Waals surface area contributed by atoms with E-state index in [1.165, 1.54) is 193 Å². The summed E-state index contributed by atoms with van der Waals surface area (Å²) in [5, 5.41) is 3.11. The molecule has 0 aromatic carbocycles. The summed E-state index contributed by atoms with van der Waals surface area (Å²) < 4.78 is 0.628. The second-order valence-electron chi connectivity index (χ2n) is 11.5. The number of unbranched alkanes of at least 4 members (excludes halogenated alkanes) is 29. The second kappa shape index (κ2) is 34.6. The molecule has 0 spiro atoms. The fourth-order valence-electron chi connectivity index (χ4n) is 5.36. The highest BCUT2D eigenvalue weighted by Crippen LogP contribution is 2.16. The lowest BCUT2D eigenvalue weighted by Gasteiger charge is -2.05. The lowest BCUT2D eigenvalue weighted by molar-refractivity contribution is 0.513. The zero-order chi connectivity index (χ0) is 26.9. The molecule has 0 atom stereocenters. The first-order chi connectivity index (χ1) is 18.3. The average Bonchev–Trinajstić information content (AvgIpc) is 2.89. The van der Waals surface area contributed by atoms with Crippen LogP contribution in [0.2, 0.25) is 0 Å². The first kappa shape index (κ1) is 37.5. The molecular weight excluding hydrogens is 510 g/mol. The van der Waals surface area contributed by atoms with Crippen LogP contribution in [0.1, 0.15) is 193 Å². The van der Waals surface area contributed by atoms with Crippen molar-refractivity contribution in [1.29, 1.82) is 0 Å². The predicted molar refractivity (Wildman–Crippen MR) is 179 cm³/mol. The van der Waals surface area contributed by atoms with E-state index in [0.29, 0.717) is 4.32 Å². The van der Waals surface area contributed by atoms with Gasteiger partial charge in [0.15, 0.2) is 0 Å². The number of rotatable bonds is 32. The second-order valence-corrected chi connectivity index (χ2v) is 13.1. The maximum atomic E-state index is 5.72. The van der Waals surface area contributed by atoms with Gasteiger partial charge in [-0.05, 0) is 12.8 Å².